The van der Waals surface area contributed by atoms with Gasteiger partial charge >= 0.3 is 0 Å². The summed E-state index contributed by atoms with van der Waals surface area (Å²) >= 11 is 0. The normalized spacial score (nSPS) is 10.8. The molecule has 2 rings (SSSR count). The number of phenols is 1. The van der Waals surface area contributed by atoms with Crippen molar-refractivity contribution in [2.24, 2.45) is 0 Å². The summed E-state index contributed by atoms with van der Waals surface area (Å²) < 4.78 is 0. The van der Waals surface area contributed by atoms with Gasteiger partial charge in [0.1, 0.15) is 5.75 Å². The van der Waals surface area contributed by atoms with Crippen molar-refractivity contribution in [1.29, 1.82) is 0 Å². The maximum Gasteiger partial charge on any atom is 0.262 e. The van der Waals surface area contributed by atoms with Crippen LogP contribution in [0.25, 0.3) is 12.2 Å². The zero-order valence-electron chi connectivity index (χ0n) is 12.3. The van der Waals surface area contributed by atoms with Crippen LogP contribution in [0.3, 0.4) is 0 Å². The van der Waals surface area contributed by atoms with E-state index in [1.165, 1.54) is 24.3 Å². The molecule has 2 amide bonds. The number of hydrogen-bond acceptors (Lipinski definition) is 3. The minimum Gasteiger partial charge on any atom is -0.508 e. The van der Waals surface area contributed by atoms with Gasteiger partial charge in [0.05, 0.1) is 0 Å². The first-order valence-electron chi connectivity index (χ1n) is 6.94. The van der Waals surface area contributed by atoms with Crippen molar-refractivity contribution in [2.45, 2.75) is 0 Å². The molecule has 0 saturated carbocycles. The molecular weight excluding hydrogens is 292 g/mol. The number of aromatic hydroxyl groups is 1. The molecule has 0 aliphatic heterocycles. The molecule has 3 N–H and O–H groups in total. The van der Waals surface area contributed by atoms with Crippen molar-refractivity contribution >= 4 is 24.0 Å². The second-order valence-corrected chi connectivity index (χ2v) is 4.65. The Balaban J connectivity index is 1.78. The lowest BCUT2D eigenvalue weighted by Crippen LogP contribution is -2.39. The van der Waals surface area contributed by atoms with E-state index in [9.17, 15) is 9.59 Å². The van der Waals surface area contributed by atoms with Crippen molar-refractivity contribution in [2.75, 3.05) is 0 Å². The average molecular weight is 308 g/mol. The summed E-state index contributed by atoms with van der Waals surface area (Å²) in [6, 6.07) is 15.7. The number of benzene rings is 2. The van der Waals surface area contributed by atoms with Gasteiger partial charge in [0.15, 0.2) is 0 Å². The average Bonchev–Trinajstić information content (AvgIpc) is 2.58. The SMILES string of the molecule is O=C(C=Cc1ccccc1)NNC(=O)/C=C/c1ccc(O)cc1. The van der Waals surface area contributed by atoms with Gasteiger partial charge in [-0.05, 0) is 35.4 Å². The largest absolute Gasteiger partial charge is 0.508 e. The van der Waals surface area contributed by atoms with Crippen LogP contribution in [0, 0.1) is 0 Å². The maximum absolute atomic E-state index is 11.6. The van der Waals surface area contributed by atoms with Crippen molar-refractivity contribution in [1.82, 2.24) is 10.9 Å². The first-order valence-corrected chi connectivity index (χ1v) is 6.94. The number of amides is 2. The monoisotopic (exact) mass is 308 g/mol. The highest BCUT2D eigenvalue weighted by atomic mass is 16.3. The van der Waals surface area contributed by atoms with E-state index in [1.54, 1.807) is 24.3 Å². The highest BCUT2D eigenvalue weighted by Gasteiger charge is 1.98. The van der Waals surface area contributed by atoms with Gasteiger partial charge in [-0.15, -0.1) is 0 Å². The molecule has 116 valence electrons. The fraction of sp³-hybridized carbons (Fsp3) is 0. The van der Waals surface area contributed by atoms with E-state index in [2.05, 4.69) is 10.9 Å². The van der Waals surface area contributed by atoms with Gasteiger partial charge in [0.2, 0.25) is 0 Å². The second kappa shape index (κ2) is 8.19. The van der Waals surface area contributed by atoms with Crippen LogP contribution in [0.15, 0.2) is 66.7 Å². The molecule has 0 unspecified atom stereocenters. The number of hydrogen-bond donors (Lipinski definition) is 3. The Morgan fingerprint density at radius 1 is 0.739 bits per heavy atom. The van der Waals surface area contributed by atoms with Crippen molar-refractivity contribution in [3.8, 4) is 5.75 Å². The van der Waals surface area contributed by atoms with Crippen LogP contribution in [0.2, 0.25) is 0 Å². The minimum atomic E-state index is -0.459. The molecule has 2 aromatic rings. The third kappa shape index (κ3) is 5.89. The molecule has 0 fully saturated rings. The zero-order chi connectivity index (χ0) is 16.5. The zero-order valence-corrected chi connectivity index (χ0v) is 12.3. The topological polar surface area (TPSA) is 78.4 Å². The number of nitrogens with one attached hydrogen (secondary N) is 2. The Kier molecular flexibility index (Phi) is 5.71. The van der Waals surface area contributed by atoms with Crippen molar-refractivity contribution < 1.29 is 14.7 Å². The van der Waals surface area contributed by atoms with Crippen LogP contribution in [-0.2, 0) is 9.59 Å². The molecule has 0 radical (unpaired) electrons. The molecule has 2 aromatic carbocycles. The van der Waals surface area contributed by atoms with Gasteiger partial charge in [0.25, 0.3) is 11.8 Å². The Morgan fingerprint density at radius 2 is 1.22 bits per heavy atom. The van der Waals surface area contributed by atoms with E-state index in [-0.39, 0.29) is 5.75 Å². The Morgan fingerprint density at radius 3 is 1.74 bits per heavy atom. The summed E-state index contributed by atoms with van der Waals surface area (Å²) in [4.78, 5) is 23.1. The lowest BCUT2D eigenvalue weighted by molar-refractivity contribution is -0.123. The first-order chi connectivity index (χ1) is 11.1. The van der Waals surface area contributed by atoms with E-state index >= 15 is 0 Å². The Hall–Kier alpha value is -3.34. The highest BCUT2D eigenvalue weighted by Crippen LogP contribution is 2.10. The van der Waals surface area contributed by atoms with E-state index < -0.39 is 11.8 Å². The molecule has 5 heteroatoms. The molecule has 0 atom stereocenters. The summed E-state index contributed by atoms with van der Waals surface area (Å²) in [5.74, 6) is -0.733. The molecular formula is C18H16N2O3. The van der Waals surface area contributed by atoms with Gasteiger partial charge in [-0.25, -0.2) is 0 Å². The van der Waals surface area contributed by atoms with Crippen LogP contribution in [-0.4, -0.2) is 16.9 Å². The van der Waals surface area contributed by atoms with Gasteiger partial charge < -0.3 is 5.11 Å². The molecule has 5 nitrogen and oxygen atoms in total. The Labute approximate surface area is 133 Å². The maximum atomic E-state index is 11.6. The number of rotatable bonds is 4. The van der Waals surface area contributed by atoms with Gasteiger partial charge in [0, 0.05) is 12.2 Å². The predicted molar refractivity (Wildman–Crippen MR) is 88.9 cm³/mol. The van der Waals surface area contributed by atoms with E-state index in [0.717, 1.165) is 11.1 Å². The summed E-state index contributed by atoms with van der Waals surface area (Å²) in [6.07, 6.45) is 5.83. The van der Waals surface area contributed by atoms with Gasteiger partial charge in [-0.3, -0.25) is 20.4 Å². The predicted octanol–water partition coefficient (Wildman–Crippen LogP) is 2.27. The summed E-state index contributed by atoms with van der Waals surface area (Å²) in [6.45, 7) is 0. The summed E-state index contributed by atoms with van der Waals surface area (Å²) in [5.41, 5.74) is 6.20. The molecule has 0 bridgehead atoms. The third-order valence-electron chi connectivity index (χ3n) is 2.86. The number of hydrazine groups is 1. The molecule has 0 aliphatic carbocycles. The van der Waals surface area contributed by atoms with Crippen LogP contribution < -0.4 is 10.9 Å². The van der Waals surface area contributed by atoms with E-state index in [0.29, 0.717) is 0 Å². The van der Waals surface area contributed by atoms with E-state index in [4.69, 9.17) is 5.11 Å². The Bertz CT molecular complexity index is 720. The van der Waals surface area contributed by atoms with E-state index in [1.807, 2.05) is 30.3 Å². The molecule has 0 aromatic heterocycles. The standard InChI is InChI=1S/C18H16N2O3/c21-16-10-6-15(7-11-16)9-13-18(23)20-19-17(22)12-8-14-4-2-1-3-5-14/h1-13,21H,(H,19,22)(H,20,23)/b12-8?,13-9+. The fourth-order valence-electron chi connectivity index (χ4n) is 1.70. The lowest BCUT2D eigenvalue weighted by Gasteiger charge is -2.01. The third-order valence-corrected chi connectivity index (χ3v) is 2.86. The van der Waals surface area contributed by atoms with Crippen LogP contribution in [0.4, 0.5) is 0 Å². The minimum absolute atomic E-state index is 0.157. The first kappa shape index (κ1) is 16.0. The van der Waals surface area contributed by atoms with Crippen LogP contribution in [0.1, 0.15) is 11.1 Å². The molecule has 0 spiro atoms. The number of carbonyl (C=O) groups excluding carboxylic acids is 2. The highest BCUT2D eigenvalue weighted by molar-refractivity contribution is 5.96. The van der Waals surface area contributed by atoms with Crippen LogP contribution in [0.5, 0.6) is 5.75 Å². The molecule has 0 heterocycles. The molecule has 23 heavy (non-hydrogen) atoms. The lowest BCUT2D eigenvalue weighted by atomic mass is 10.2. The fourth-order valence-corrected chi connectivity index (χ4v) is 1.70. The number of carbonyl (C=O) groups is 2. The van der Waals surface area contributed by atoms with Gasteiger partial charge in [-0.2, -0.15) is 0 Å². The van der Waals surface area contributed by atoms with Gasteiger partial charge in [-0.1, -0.05) is 42.5 Å². The summed E-state index contributed by atoms with van der Waals surface area (Å²) in [7, 11) is 0. The van der Waals surface area contributed by atoms with Crippen molar-refractivity contribution in [3.05, 3.63) is 77.9 Å². The second-order valence-electron chi connectivity index (χ2n) is 4.65. The summed E-state index contributed by atoms with van der Waals surface area (Å²) in [5, 5.41) is 9.15. The van der Waals surface area contributed by atoms with Crippen molar-refractivity contribution in [3.63, 3.8) is 0 Å². The van der Waals surface area contributed by atoms with Crippen LogP contribution >= 0.6 is 0 Å². The number of phenolic OH excluding ortho intramolecular Hbond substituents is 1. The molecule has 0 aliphatic rings. The molecule has 0 saturated heterocycles. The quantitative estimate of drug-likeness (QED) is 0.599. The smallest absolute Gasteiger partial charge is 0.262 e.